The Kier molecular flexibility index (Phi) is 37.5. The molecule has 0 saturated carbocycles. The first-order valence-corrected chi connectivity index (χ1v) is 29.6. The van der Waals surface area contributed by atoms with Gasteiger partial charge >= 0.3 is 17.9 Å². The number of aliphatic carboxylic acids is 3. The highest BCUT2D eigenvalue weighted by Crippen LogP contribution is 2.13. The van der Waals surface area contributed by atoms with Gasteiger partial charge in [-0.05, 0) is 57.8 Å². The van der Waals surface area contributed by atoms with Crippen molar-refractivity contribution in [1.82, 2.24) is 62.8 Å². The number of hydrogen-bond donors (Lipinski definition) is 12. The van der Waals surface area contributed by atoms with E-state index in [0.29, 0.717) is 44.2 Å². The smallest absolute Gasteiger partial charge is 0.305 e. The highest BCUT2D eigenvalue weighted by Gasteiger charge is 2.36. The zero-order valence-electron chi connectivity index (χ0n) is 50.3. The van der Waals surface area contributed by atoms with Gasteiger partial charge in [0, 0.05) is 12.6 Å². The van der Waals surface area contributed by atoms with Gasteiger partial charge in [0.25, 0.3) is 0 Å². The summed E-state index contributed by atoms with van der Waals surface area (Å²) in [6.45, 7) is 10.2. The number of carbonyl (C=O) groups excluding carboxylic acids is 10. The summed E-state index contributed by atoms with van der Waals surface area (Å²) in [6, 6.07) is -11.2. The Hall–Kier alpha value is -7.62. The van der Waals surface area contributed by atoms with Crippen LogP contribution in [0.2, 0.25) is 0 Å². The lowest BCUT2D eigenvalue weighted by atomic mass is 10.0. The third-order valence-corrected chi connectivity index (χ3v) is 13.6. The summed E-state index contributed by atoms with van der Waals surface area (Å²) in [5.41, 5.74) is 0.360. The van der Waals surface area contributed by atoms with Gasteiger partial charge in [-0.25, -0.2) is 4.68 Å². The van der Waals surface area contributed by atoms with Crippen LogP contribution in [0, 0.1) is 5.92 Å². The largest absolute Gasteiger partial charge is 0.481 e. The van der Waals surface area contributed by atoms with E-state index in [-0.39, 0.29) is 37.9 Å². The van der Waals surface area contributed by atoms with Crippen LogP contribution < -0.4 is 47.9 Å². The summed E-state index contributed by atoms with van der Waals surface area (Å²) in [4.78, 5) is 171. The predicted molar refractivity (Wildman–Crippen MR) is 306 cm³/mol. The van der Waals surface area contributed by atoms with Crippen molar-refractivity contribution in [1.29, 1.82) is 0 Å². The number of unbranched alkanes of at least 4 members (excludes halogenated alkanes) is 8. The monoisotopic (exact) mass is 1210 g/mol. The number of halogens is 1. The van der Waals surface area contributed by atoms with Gasteiger partial charge in [0.05, 0.1) is 37.8 Å². The van der Waals surface area contributed by atoms with E-state index in [1.807, 2.05) is 27.7 Å². The van der Waals surface area contributed by atoms with Crippen molar-refractivity contribution in [3.8, 4) is 0 Å². The van der Waals surface area contributed by atoms with Crippen molar-refractivity contribution < 1.29 is 82.0 Å². The minimum Gasteiger partial charge on any atom is -0.481 e. The molecule has 0 unspecified atom stereocenters. The minimum absolute atomic E-state index is 0.103. The van der Waals surface area contributed by atoms with Crippen LogP contribution in [-0.2, 0) is 75.3 Å². The van der Waals surface area contributed by atoms with E-state index < -0.39 is 171 Å². The number of nitrogens with one attached hydrogen (secondary N) is 9. The van der Waals surface area contributed by atoms with Crippen molar-refractivity contribution >= 4 is 76.9 Å². The SMILES string of the molecule is CCCCC[C@H](NC(=O)[C@H](CCCCC)NC(=O)[C@H](CCCCC)NC(=O)[C@H](CCCCC)NC(=O)CNC(=O)[C@H](CC(=O)O)NC(=O)[C@@H](NC(=O)[C@H](CCC(=O)O)NC(=O)[C@H](CC(=O)O)NC(=O)Cn1cc(CCCF)nn1)C(C)C)C(C)=O. The average molecular weight is 1210 g/mol. The third kappa shape index (κ3) is 31.7. The summed E-state index contributed by atoms with van der Waals surface area (Å²) in [7, 11) is 0. The number of rotatable bonds is 47. The molecule has 85 heavy (non-hydrogen) atoms. The molecule has 9 amide bonds. The van der Waals surface area contributed by atoms with Crippen LogP contribution in [0.15, 0.2) is 6.20 Å². The maximum Gasteiger partial charge on any atom is 0.305 e. The fourth-order valence-electron chi connectivity index (χ4n) is 8.72. The standard InChI is InChI=1S/C56H93FN12O16/c1-8-12-16-22-37(35(7)70)61-52(81)39(24-18-14-10-3)63-53(82)40(25-19-15-11-4)62-51(80)38(23-17-13-9-2)59-44(71)31-58-50(79)42(29-47(75)76)65-56(85)49(34(5)6)66-54(83)41(26-27-46(73)74)64-55(84)43(30-48(77)78)60-45(72)33-69-32-36(67-68-69)21-20-28-57/h32,34,37-43,49H,8-31,33H2,1-7H3,(H,58,79)(H,59,71)(H,60,72)(H,61,81)(H,62,80)(H,63,82)(H,64,84)(H,65,85)(H,66,83)(H,73,74)(H,75,76)(H,77,78)/t37-,38-,39-,40-,41-,42-,43-,49-/m0/s1. The van der Waals surface area contributed by atoms with Gasteiger partial charge in [-0.2, -0.15) is 0 Å². The fraction of sp³-hybridized carbons (Fsp3) is 0.732. The Morgan fingerprint density at radius 1 is 0.482 bits per heavy atom. The van der Waals surface area contributed by atoms with E-state index in [2.05, 4.69) is 58.2 Å². The highest BCUT2D eigenvalue weighted by atomic mass is 19.1. The quantitative estimate of drug-likeness (QED) is 0.0412. The molecule has 8 atom stereocenters. The molecule has 0 aliphatic rings. The molecule has 0 fully saturated rings. The summed E-state index contributed by atoms with van der Waals surface area (Å²) in [5, 5.41) is 58.5. The number of alkyl halides is 1. The molecule has 1 rings (SSSR count). The van der Waals surface area contributed by atoms with Crippen LogP contribution >= 0.6 is 0 Å². The zero-order valence-corrected chi connectivity index (χ0v) is 50.3. The van der Waals surface area contributed by atoms with Gasteiger partial charge in [-0.3, -0.25) is 66.7 Å². The van der Waals surface area contributed by atoms with E-state index in [1.165, 1.54) is 27.0 Å². The molecule has 1 heterocycles. The van der Waals surface area contributed by atoms with Gasteiger partial charge in [0.15, 0.2) is 5.78 Å². The lowest BCUT2D eigenvalue weighted by Crippen LogP contribution is -2.60. The second-order valence-electron chi connectivity index (χ2n) is 21.4. The highest BCUT2D eigenvalue weighted by molar-refractivity contribution is 5.99. The van der Waals surface area contributed by atoms with Gasteiger partial charge < -0.3 is 63.2 Å². The van der Waals surface area contributed by atoms with Crippen molar-refractivity contribution in [2.75, 3.05) is 13.2 Å². The first-order valence-electron chi connectivity index (χ1n) is 29.6. The normalized spacial score (nSPS) is 13.9. The Morgan fingerprint density at radius 3 is 1.32 bits per heavy atom. The van der Waals surface area contributed by atoms with Gasteiger partial charge in [0.1, 0.15) is 48.8 Å². The molecule has 0 spiro atoms. The zero-order chi connectivity index (χ0) is 64.0. The maximum absolute atomic E-state index is 14.1. The van der Waals surface area contributed by atoms with Crippen LogP contribution in [0.3, 0.4) is 0 Å². The molecule has 1 aromatic rings. The summed E-state index contributed by atoms with van der Waals surface area (Å²) in [5.74, 6) is -14.0. The average Bonchev–Trinajstić information content (AvgIpc) is 4.01. The van der Waals surface area contributed by atoms with E-state index in [0.717, 1.165) is 49.6 Å². The number of hydrogen-bond acceptors (Lipinski definition) is 15. The Labute approximate surface area is 496 Å². The number of carbonyl (C=O) groups is 13. The summed E-state index contributed by atoms with van der Waals surface area (Å²) < 4.78 is 13.7. The lowest BCUT2D eigenvalue weighted by Gasteiger charge is -2.27. The van der Waals surface area contributed by atoms with Crippen LogP contribution in [-0.4, -0.2) is 169 Å². The van der Waals surface area contributed by atoms with E-state index in [4.69, 9.17) is 0 Å². The molecule has 1 aromatic heterocycles. The molecule has 29 heteroatoms. The molecule has 0 bridgehead atoms. The third-order valence-electron chi connectivity index (χ3n) is 13.6. The topological polar surface area (TPSA) is 422 Å². The van der Waals surface area contributed by atoms with Crippen molar-refractivity contribution in [3.05, 3.63) is 11.9 Å². The van der Waals surface area contributed by atoms with E-state index >= 15 is 0 Å². The number of ketones is 1. The molecule has 0 aromatic carbocycles. The second-order valence-corrected chi connectivity index (χ2v) is 21.4. The number of Topliss-reactive ketones (excluding diaryl/α,β-unsaturated/α-hetero) is 1. The van der Waals surface area contributed by atoms with Crippen molar-refractivity contribution in [2.45, 2.75) is 245 Å². The maximum atomic E-state index is 14.1. The van der Waals surface area contributed by atoms with E-state index in [9.17, 15) is 82.0 Å². The molecular weight excluding hydrogens is 1120 g/mol. The molecule has 0 saturated heterocycles. The summed E-state index contributed by atoms with van der Waals surface area (Å²) in [6.07, 6.45) is 7.90. The summed E-state index contributed by atoms with van der Waals surface area (Å²) >= 11 is 0. The lowest BCUT2D eigenvalue weighted by molar-refractivity contribution is -0.142. The predicted octanol–water partition coefficient (Wildman–Crippen LogP) is 1.56. The molecule has 12 N–H and O–H groups in total. The van der Waals surface area contributed by atoms with Crippen LogP contribution in [0.5, 0.6) is 0 Å². The molecule has 0 aliphatic heterocycles. The number of aromatic nitrogens is 3. The Bertz CT molecular complexity index is 2350. The molecule has 480 valence electrons. The number of carboxylic acid groups (broad SMARTS) is 3. The number of nitrogens with zero attached hydrogens (tertiary/aromatic N) is 3. The Balaban J connectivity index is 3.32. The first kappa shape index (κ1) is 75.4. The molecule has 0 aliphatic carbocycles. The van der Waals surface area contributed by atoms with Gasteiger partial charge in [0.2, 0.25) is 53.2 Å². The number of amides is 9. The van der Waals surface area contributed by atoms with E-state index in [1.54, 1.807) is 0 Å². The van der Waals surface area contributed by atoms with Crippen LogP contribution in [0.4, 0.5) is 4.39 Å². The minimum atomic E-state index is -1.88. The van der Waals surface area contributed by atoms with Crippen molar-refractivity contribution in [2.24, 2.45) is 5.92 Å². The van der Waals surface area contributed by atoms with Gasteiger partial charge in [-0.15, -0.1) is 5.10 Å². The number of carboxylic acids is 3. The number of aryl methyl sites for hydroxylation is 1. The first-order chi connectivity index (χ1) is 40.3. The van der Waals surface area contributed by atoms with Crippen LogP contribution in [0.25, 0.3) is 0 Å². The second kappa shape index (κ2) is 42.2. The fourth-order valence-corrected chi connectivity index (χ4v) is 8.72. The molecule has 28 nitrogen and oxygen atoms in total. The molecule has 0 radical (unpaired) electrons. The molecular formula is C56H93FN12O16. The van der Waals surface area contributed by atoms with Gasteiger partial charge in [-0.1, -0.05) is 124 Å². The van der Waals surface area contributed by atoms with Crippen molar-refractivity contribution in [3.63, 3.8) is 0 Å². The Morgan fingerprint density at radius 2 is 0.882 bits per heavy atom. The van der Waals surface area contributed by atoms with Crippen LogP contribution in [0.1, 0.15) is 189 Å².